The van der Waals surface area contributed by atoms with Crippen LogP contribution in [0.5, 0.6) is 0 Å². The van der Waals surface area contributed by atoms with E-state index in [0.717, 1.165) is 25.1 Å². The molecule has 0 saturated heterocycles. The average molecular weight is 214 g/mol. The monoisotopic (exact) mass is 214 g/mol. The number of likely N-dealkylation sites (N-methyl/N-ethyl adjacent to an activating group) is 1. The molecule has 0 saturated carbocycles. The van der Waals surface area contributed by atoms with E-state index < -0.39 is 0 Å². The van der Waals surface area contributed by atoms with Gasteiger partial charge in [0.05, 0.1) is 0 Å². The van der Waals surface area contributed by atoms with E-state index in [2.05, 4.69) is 54.2 Å². The van der Waals surface area contributed by atoms with E-state index in [1.165, 1.54) is 11.3 Å². The molecule has 1 aliphatic carbocycles. The van der Waals surface area contributed by atoms with Crippen LogP contribution in [-0.4, -0.2) is 12.0 Å². The second kappa shape index (κ2) is 4.97. The zero-order valence-electron chi connectivity index (χ0n) is 9.98. The smallest absolute Gasteiger partial charge is 0.132 e. The zero-order chi connectivity index (χ0) is 11.4. The van der Waals surface area contributed by atoms with Crippen LogP contribution >= 0.6 is 0 Å². The fourth-order valence-electron chi connectivity index (χ4n) is 1.80. The van der Waals surface area contributed by atoms with Crippen molar-refractivity contribution in [1.82, 2.24) is 4.98 Å². The molecule has 2 heteroatoms. The van der Waals surface area contributed by atoms with Crippen LogP contribution in [0.3, 0.4) is 0 Å². The first-order valence-corrected chi connectivity index (χ1v) is 5.86. The molecule has 0 atom stereocenters. The molecule has 16 heavy (non-hydrogen) atoms. The predicted octanol–water partition coefficient (Wildman–Crippen LogP) is 3.31. The van der Waals surface area contributed by atoms with Crippen LogP contribution in [0.4, 0.5) is 5.82 Å². The molecule has 2 rings (SSSR count). The lowest BCUT2D eigenvalue weighted by Gasteiger charge is -2.21. The lowest BCUT2D eigenvalue weighted by Crippen LogP contribution is -2.17. The van der Waals surface area contributed by atoms with Crippen LogP contribution in [0.1, 0.15) is 25.3 Å². The topological polar surface area (TPSA) is 16.1 Å². The molecule has 1 heterocycles. The zero-order valence-corrected chi connectivity index (χ0v) is 9.98. The van der Waals surface area contributed by atoms with Crippen molar-refractivity contribution in [3.05, 3.63) is 47.8 Å². The Bertz CT molecular complexity index is 401. The summed E-state index contributed by atoms with van der Waals surface area (Å²) in [6, 6.07) is 4.23. The van der Waals surface area contributed by atoms with E-state index in [1.807, 2.05) is 6.20 Å². The summed E-state index contributed by atoms with van der Waals surface area (Å²) in [5.41, 5.74) is 2.52. The summed E-state index contributed by atoms with van der Waals surface area (Å²) < 4.78 is 0. The number of pyridine rings is 1. The predicted molar refractivity (Wildman–Crippen MR) is 68.5 cm³/mol. The number of aryl methyl sites for hydroxylation is 1. The first-order chi connectivity index (χ1) is 7.81. The third-order valence-corrected chi connectivity index (χ3v) is 2.92. The first-order valence-electron chi connectivity index (χ1n) is 5.86. The summed E-state index contributed by atoms with van der Waals surface area (Å²) >= 11 is 0. The molecule has 0 bridgehead atoms. The quantitative estimate of drug-likeness (QED) is 0.767. The highest BCUT2D eigenvalue weighted by Gasteiger charge is 2.07. The molecular formula is C14H18N2. The Morgan fingerprint density at radius 3 is 2.75 bits per heavy atom. The van der Waals surface area contributed by atoms with E-state index in [0.29, 0.717) is 0 Å². The Balaban J connectivity index is 2.16. The third-order valence-electron chi connectivity index (χ3n) is 2.92. The number of anilines is 1. The van der Waals surface area contributed by atoms with Gasteiger partial charge >= 0.3 is 0 Å². The number of allylic oxidation sites excluding steroid dienone is 3. The maximum absolute atomic E-state index is 4.48. The van der Waals surface area contributed by atoms with E-state index in [4.69, 9.17) is 0 Å². The second-order valence-corrected chi connectivity index (χ2v) is 4.05. The van der Waals surface area contributed by atoms with Gasteiger partial charge < -0.3 is 4.90 Å². The highest BCUT2D eigenvalue weighted by molar-refractivity contribution is 5.49. The molecule has 0 amide bonds. The van der Waals surface area contributed by atoms with E-state index in [-0.39, 0.29) is 0 Å². The lowest BCUT2D eigenvalue weighted by molar-refractivity contribution is 0.968. The van der Waals surface area contributed by atoms with Gasteiger partial charge in [0.15, 0.2) is 0 Å². The number of nitrogens with zero attached hydrogens (tertiary/aromatic N) is 2. The molecule has 0 unspecified atom stereocenters. The molecule has 0 aliphatic heterocycles. The van der Waals surface area contributed by atoms with Gasteiger partial charge in [-0.15, -0.1) is 0 Å². The minimum absolute atomic E-state index is 1.01. The van der Waals surface area contributed by atoms with Crippen LogP contribution in [0.2, 0.25) is 0 Å². The van der Waals surface area contributed by atoms with Crippen molar-refractivity contribution >= 4 is 5.82 Å². The van der Waals surface area contributed by atoms with Gasteiger partial charge in [-0.1, -0.05) is 25.1 Å². The average Bonchev–Trinajstić information content (AvgIpc) is 2.39. The Hall–Kier alpha value is -1.57. The van der Waals surface area contributed by atoms with Gasteiger partial charge in [0.25, 0.3) is 0 Å². The molecule has 0 spiro atoms. The van der Waals surface area contributed by atoms with Gasteiger partial charge in [0, 0.05) is 18.9 Å². The van der Waals surface area contributed by atoms with Gasteiger partial charge in [-0.3, -0.25) is 0 Å². The Kier molecular flexibility index (Phi) is 3.40. The third kappa shape index (κ3) is 2.32. The lowest BCUT2D eigenvalue weighted by atomic mass is 10.1. The molecule has 1 aliphatic rings. The summed E-state index contributed by atoms with van der Waals surface area (Å²) in [5, 5.41) is 0. The summed E-state index contributed by atoms with van der Waals surface area (Å²) in [5.74, 6) is 1.01. The van der Waals surface area contributed by atoms with Crippen LogP contribution in [-0.2, 0) is 6.42 Å². The van der Waals surface area contributed by atoms with Gasteiger partial charge in [-0.25, -0.2) is 4.98 Å². The summed E-state index contributed by atoms with van der Waals surface area (Å²) in [4.78, 5) is 6.61. The normalized spacial score (nSPS) is 14.8. The van der Waals surface area contributed by atoms with Crippen molar-refractivity contribution in [3.63, 3.8) is 0 Å². The minimum atomic E-state index is 1.01. The maximum Gasteiger partial charge on any atom is 0.132 e. The van der Waals surface area contributed by atoms with Crippen LogP contribution in [0.15, 0.2) is 42.3 Å². The van der Waals surface area contributed by atoms with Gasteiger partial charge in [0.1, 0.15) is 5.82 Å². The SMILES string of the molecule is CCc1ccc(N(C)C2=CCCC=C2)nc1. The van der Waals surface area contributed by atoms with Gasteiger partial charge in [-0.2, -0.15) is 0 Å². The largest absolute Gasteiger partial charge is 0.330 e. The Morgan fingerprint density at radius 1 is 1.31 bits per heavy atom. The number of hydrogen-bond acceptors (Lipinski definition) is 2. The highest BCUT2D eigenvalue weighted by Crippen LogP contribution is 2.19. The van der Waals surface area contributed by atoms with E-state index >= 15 is 0 Å². The standard InChI is InChI=1S/C14H18N2/c1-3-12-9-10-14(15-11-12)16(2)13-7-5-4-6-8-13/h5,7-11H,3-4,6H2,1-2H3. The van der Waals surface area contributed by atoms with Crippen LogP contribution < -0.4 is 4.90 Å². The summed E-state index contributed by atoms with van der Waals surface area (Å²) in [6.07, 6.45) is 11.9. The Labute approximate surface area is 97.3 Å². The van der Waals surface area contributed by atoms with Gasteiger partial charge in [0.2, 0.25) is 0 Å². The second-order valence-electron chi connectivity index (χ2n) is 4.05. The molecular weight excluding hydrogens is 196 g/mol. The molecule has 1 aromatic rings. The fraction of sp³-hybridized carbons (Fsp3) is 0.357. The van der Waals surface area contributed by atoms with Crippen LogP contribution in [0, 0.1) is 0 Å². The molecule has 84 valence electrons. The van der Waals surface area contributed by atoms with Crippen molar-refractivity contribution in [3.8, 4) is 0 Å². The van der Waals surface area contributed by atoms with Crippen molar-refractivity contribution < 1.29 is 0 Å². The molecule has 0 N–H and O–H groups in total. The number of rotatable bonds is 3. The molecule has 1 aromatic heterocycles. The fourth-order valence-corrected chi connectivity index (χ4v) is 1.80. The summed E-state index contributed by atoms with van der Waals surface area (Å²) in [6.45, 7) is 2.15. The van der Waals surface area contributed by atoms with Gasteiger partial charge in [-0.05, 0) is 37.0 Å². The molecule has 0 fully saturated rings. The van der Waals surface area contributed by atoms with Crippen molar-refractivity contribution in [2.75, 3.05) is 11.9 Å². The van der Waals surface area contributed by atoms with E-state index in [1.54, 1.807) is 0 Å². The highest BCUT2D eigenvalue weighted by atomic mass is 15.2. The van der Waals surface area contributed by atoms with Crippen molar-refractivity contribution in [2.45, 2.75) is 26.2 Å². The first kappa shape index (κ1) is 10.9. The maximum atomic E-state index is 4.48. The van der Waals surface area contributed by atoms with E-state index in [9.17, 15) is 0 Å². The number of aromatic nitrogens is 1. The van der Waals surface area contributed by atoms with Crippen LogP contribution in [0.25, 0.3) is 0 Å². The molecule has 0 aromatic carbocycles. The Morgan fingerprint density at radius 2 is 2.19 bits per heavy atom. The molecule has 0 radical (unpaired) electrons. The van der Waals surface area contributed by atoms with Crippen molar-refractivity contribution in [1.29, 1.82) is 0 Å². The number of hydrogen-bond donors (Lipinski definition) is 0. The summed E-state index contributed by atoms with van der Waals surface area (Å²) in [7, 11) is 2.06. The molecule has 2 nitrogen and oxygen atoms in total. The van der Waals surface area contributed by atoms with Crippen molar-refractivity contribution in [2.24, 2.45) is 0 Å². The minimum Gasteiger partial charge on any atom is -0.330 e.